The van der Waals surface area contributed by atoms with E-state index in [0.717, 1.165) is 19.4 Å². The Labute approximate surface area is 85.7 Å². The Morgan fingerprint density at radius 1 is 1.38 bits per heavy atom. The second-order valence-electron chi connectivity index (χ2n) is 4.56. The molecular formula is C10H19NOS. The Hall–Kier alpha value is 0.270. The maximum atomic E-state index is 9.60. The first-order valence-electron chi connectivity index (χ1n) is 5.28. The average Bonchev–Trinajstić information content (AvgIpc) is 2.32. The van der Waals surface area contributed by atoms with Gasteiger partial charge in [-0.1, -0.05) is 6.92 Å². The third-order valence-electron chi connectivity index (χ3n) is 3.33. The van der Waals surface area contributed by atoms with E-state index in [-0.39, 0.29) is 6.10 Å². The second kappa shape index (κ2) is 3.79. The largest absolute Gasteiger partial charge is 0.393 e. The molecule has 3 atom stereocenters. The van der Waals surface area contributed by atoms with E-state index in [1.807, 2.05) is 0 Å². The van der Waals surface area contributed by atoms with Gasteiger partial charge in [-0.25, -0.2) is 0 Å². The molecule has 0 aromatic rings. The van der Waals surface area contributed by atoms with Crippen LogP contribution < -0.4 is 0 Å². The molecule has 2 aliphatic rings. The summed E-state index contributed by atoms with van der Waals surface area (Å²) in [6, 6.07) is 1.28. The van der Waals surface area contributed by atoms with E-state index < -0.39 is 0 Å². The highest BCUT2D eigenvalue weighted by atomic mass is 32.1. The van der Waals surface area contributed by atoms with Gasteiger partial charge in [0.25, 0.3) is 0 Å². The Kier molecular flexibility index (Phi) is 2.86. The zero-order chi connectivity index (χ0) is 9.42. The van der Waals surface area contributed by atoms with E-state index in [1.54, 1.807) is 0 Å². The summed E-state index contributed by atoms with van der Waals surface area (Å²) in [6.07, 6.45) is 4.49. The number of aliphatic hydroxyl groups is 1. The summed E-state index contributed by atoms with van der Waals surface area (Å²) >= 11 is 4.44. The number of nitrogens with zero attached hydrogens (tertiary/aromatic N) is 1. The van der Waals surface area contributed by atoms with Gasteiger partial charge in [-0.15, -0.1) is 0 Å². The van der Waals surface area contributed by atoms with Gasteiger partial charge in [0, 0.05) is 23.9 Å². The first kappa shape index (κ1) is 9.81. The molecule has 2 aliphatic heterocycles. The minimum Gasteiger partial charge on any atom is -0.393 e. The number of aliphatic hydroxyl groups excluding tert-OH is 1. The summed E-state index contributed by atoms with van der Waals surface area (Å²) in [5.74, 6) is 0. The molecule has 3 unspecified atom stereocenters. The summed E-state index contributed by atoms with van der Waals surface area (Å²) < 4.78 is 0. The van der Waals surface area contributed by atoms with Crippen molar-refractivity contribution in [1.82, 2.24) is 4.90 Å². The monoisotopic (exact) mass is 201 g/mol. The van der Waals surface area contributed by atoms with Crippen molar-refractivity contribution in [3.05, 3.63) is 0 Å². The topological polar surface area (TPSA) is 23.5 Å². The van der Waals surface area contributed by atoms with Crippen molar-refractivity contribution in [2.45, 2.75) is 56.0 Å². The van der Waals surface area contributed by atoms with Crippen LogP contribution in [0.25, 0.3) is 0 Å². The van der Waals surface area contributed by atoms with Crippen molar-refractivity contribution in [2.75, 3.05) is 6.54 Å². The molecule has 3 heteroatoms. The Balaban J connectivity index is 1.98. The number of hydrogen-bond donors (Lipinski definition) is 2. The average molecular weight is 201 g/mol. The van der Waals surface area contributed by atoms with Crippen molar-refractivity contribution in [1.29, 1.82) is 0 Å². The van der Waals surface area contributed by atoms with Crippen LogP contribution in [0.3, 0.4) is 0 Å². The zero-order valence-electron chi connectivity index (χ0n) is 8.19. The van der Waals surface area contributed by atoms with Crippen molar-refractivity contribution in [3.8, 4) is 0 Å². The van der Waals surface area contributed by atoms with Gasteiger partial charge in [-0.3, -0.25) is 4.90 Å². The maximum Gasteiger partial charge on any atom is 0.0570 e. The summed E-state index contributed by atoms with van der Waals surface area (Å²) in [4.78, 5) is 2.56. The van der Waals surface area contributed by atoms with Gasteiger partial charge in [0.1, 0.15) is 0 Å². The lowest BCUT2D eigenvalue weighted by Crippen LogP contribution is -2.46. The number of hydrogen-bond acceptors (Lipinski definition) is 3. The molecule has 0 radical (unpaired) electrons. The molecule has 0 aromatic heterocycles. The first-order valence-corrected chi connectivity index (χ1v) is 5.80. The van der Waals surface area contributed by atoms with Crippen molar-refractivity contribution in [3.63, 3.8) is 0 Å². The van der Waals surface area contributed by atoms with Crippen LogP contribution in [-0.4, -0.2) is 40.0 Å². The van der Waals surface area contributed by atoms with Gasteiger partial charge >= 0.3 is 0 Å². The highest BCUT2D eigenvalue weighted by molar-refractivity contribution is 7.80. The maximum absolute atomic E-state index is 9.60. The molecule has 2 saturated heterocycles. The summed E-state index contributed by atoms with van der Waals surface area (Å²) in [5, 5.41) is 10.1. The Morgan fingerprint density at radius 2 is 1.92 bits per heavy atom. The molecule has 1 N–H and O–H groups in total. The fourth-order valence-corrected chi connectivity index (χ4v) is 3.04. The van der Waals surface area contributed by atoms with Gasteiger partial charge in [0.2, 0.25) is 0 Å². The minimum atomic E-state index is -0.0380. The molecule has 2 nitrogen and oxygen atoms in total. The lowest BCUT2D eigenvalue weighted by molar-refractivity contribution is 0.0365. The quantitative estimate of drug-likeness (QED) is 0.658. The number of rotatable bonds is 2. The van der Waals surface area contributed by atoms with Gasteiger partial charge in [0.05, 0.1) is 6.10 Å². The van der Waals surface area contributed by atoms with Gasteiger partial charge < -0.3 is 5.11 Å². The summed E-state index contributed by atoms with van der Waals surface area (Å²) in [5.41, 5.74) is 0. The molecular weight excluding hydrogens is 182 g/mol. The van der Waals surface area contributed by atoms with E-state index in [2.05, 4.69) is 24.5 Å². The van der Waals surface area contributed by atoms with Crippen molar-refractivity contribution >= 4 is 12.6 Å². The van der Waals surface area contributed by atoms with E-state index in [9.17, 15) is 5.11 Å². The molecule has 0 aromatic carbocycles. The van der Waals surface area contributed by atoms with Crippen LogP contribution in [0, 0.1) is 0 Å². The van der Waals surface area contributed by atoms with Crippen LogP contribution in [0.2, 0.25) is 0 Å². The van der Waals surface area contributed by atoms with Crippen LogP contribution in [0.4, 0.5) is 0 Å². The van der Waals surface area contributed by atoms with E-state index in [4.69, 9.17) is 0 Å². The molecule has 76 valence electrons. The van der Waals surface area contributed by atoms with Crippen LogP contribution in [0.1, 0.15) is 32.6 Å². The minimum absolute atomic E-state index is 0.0380. The highest BCUT2D eigenvalue weighted by Gasteiger charge is 2.39. The lowest BCUT2D eigenvalue weighted by atomic mass is 10.00. The number of piperidine rings is 1. The van der Waals surface area contributed by atoms with Crippen LogP contribution in [0.15, 0.2) is 0 Å². The molecule has 13 heavy (non-hydrogen) atoms. The number of fused-ring (bicyclic) bond motifs is 2. The van der Waals surface area contributed by atoms with Gasteiger partial charge in [-0.2, -0.15) is 12.6 Å². The predicted octanol–water partition coefficient (Wildman–Crippen LogP) is 1.29. The van der Waals surface area contributed by atoms with E-state index >= 15 is 0 Å². The standard InChI is InChI=1S/C10H19NOS/c1-7(13)6-11-8-2-3-9(11)5-10(12)4-8/h7-10,12-13H,2-6H2,1H3. The molecule has 0 aliphatic carbocycles. The number of thiol groups is 1. The molecule has 2 bridgehead atoms. The lowest BCUT2D eigenvalue weighted by Gasteiger charge is -2.37. The molecule has 2 rings (SSSR count). The predicted molar refractivity (Wildman–Crippen MR) is 57.2 cm³/mol. The van der Waals surface area contributed by atoms with Crippen molar-refractivity contribution in [2.24, 2.45) is 0 Å². The van der Waals surface area contributed by atoms with Crippen LogP contribution in [-0.2, 0) is 0 Å². The zero-order valence-corrected chi connectivity index (χ0v) is 9.08. The molecule has 2 heterocycles. The van der Waals surface area contributed by atoms with Crippen LogP contribution >= 0.6 is 12.6 Å². The third-order valence-corrected chi connectivity index (χ3v) is 3.50. The summed E-state index contributed by atoms with van der Waals surface area (Å²) in [6.45, 7) is 3.23. The molecule has 0 saturated carbocycles. The van der Waals surface area contributed by atoms with Crippen LogP contribution in [0.5, 0.6) is 0 Å². The normalized spacial score (nSPS) is 42.2. The first-order chi connectivity index (χ1) is 6.16. The smallest absolute Gasteiger partial charge is 0.0570 e. The highest BCUT2D eigenvalue weighted by Crippen LogP contribution is 2.35. The summed E-state index contributed by atoms with van der Waals surface area (Å²) in [7, 11) is 0. The van der Waals surface area contributed by atoms with E-state index in [0.29, 0.717) is 17.3 Å². The molecule has 0 amide bonds. The molecule has 0 spiro atoms. The SMILES string of the molecule is CC(S)CN1C2CCC1CC(O)C2. The van der Waals surface area contributed by atoms with Gasteiger partial charge in [0.15, 0.2) is 0 Å². The second-order valence-corrected chi connectivity index (χ2v) is 5.44. The molecule has 2 fully saturated rings. The van der Waals surface area contributed by atoms with Crippen molar-refractivity contribution < 1.29 is 5.11 Å². The fraction of sp³-hybridized carbons (Fsp3) is 1.00. The third kappa shape index (κ3) is 2.03. The Bertz CT molecular complexity index is 172. The van der Waals surface area contributed by atoms with Gasteiger partial charge in [-0.05, 0) is 25.7 Å². The van der Waals surface area contributed by atoms with E-state index in [1.165, 1.54) is 12.8 Å². The Morgan fingerprint density at radius 3 is 2.38 bits per heavy atom. The fourth-order valence-electron chi connectivity index (χ4n) is 2.85.